The van der Waals surface area contributed by atoms with E-state index >= 15 is 0 Å². The molecule has 0 unspecified atom stereocenters. The van der Waals surface area contributed by atoms with Gasteiger partial charge in [0.2, 0.25) is 0 Å². The third kappa shape index (κ3) is 4.36. The summed E-state index contributed by atoms with van der Waals surface area (Å²) >= 11 is 5.16. The number of hydrogen-bond acceptors (Lipinski definition) is 4. The van der Waals surface area contributed by atoms with E-state index < -0.39 is 6.04 Å². The fourth-order valence-electron chi connectivity index (χ4n) is 3.80. The Bertz CT molecular complexity index is 1110. The summed E-state index contributed by atoms with van der Waals surface area (Å²) in [6, 6.07) is 23.0. The van der Waals surface area contributed by atoms with Gasteiger partial charge in [-0.3, -0.25) is 4.79 Å². The van der Waals surface area contributed by atoms with Crippen molar-refractivity contribution in [1.29, 1.82) is 0 Å². The number of benzene rings is 3. The molecule has 6 heteroatoms. The Morgan fingerprint density at radius 1 is 1.00 bits per heavy atom. The Balaban J connectivity index is 1.76. The van der Waals surface area contributed by atoms with Gasteiger partial charge >= 0.3 is 0 Å². The average Bonchev–Trinajstić information content (AvgIpc) is 3.05. The SMILES string of the molecule is COc1ccc(C2=C(O)C(=O)N(Cc3ccc(SC)cc3)[C@H]2c2ccc(Br)cc2)cc1. The minimum atomic E-state index is -0.394. The van der Waals surface area contributed by atoms with E-state index in [1.54, 1.807) is 23.8 Å². The molecule has 0 bridgehead atoms. The maximum atomic E-state index is 13.2. The van der Waals surface area contributed by atoms with Crippen molar-refractivity contribution in [3.8, 4) is 5.75 Å². The van der Waals surface area contributed by atoms with E-state index in [0.717, 1.165) is 26.9 Å². The number of rotatable bonds is 6. The molecule has 4 rings (SSSR count). The van der Waals surface area contributed by atoms with E-state index in [4.69, 9.17) is 4.74 Å². The van der Waals surface area contributed by atoms with Gasteiger partial charge in [-0.2, -0.15) is 0 Å². The van der Waals surface area contributed by atoms with Crippen molar-refractivity contribution in [1.82, 2.24) is 4.90 Å². The summed E-state index contributed by atoms with van der Waals surface area (Å²) in [6.07, 6.45) is 2.03. The van der Waals surface area contributed by atoms with E-state index in [9.17, 15) is 9.90 Å². The van der Waals surface area contributed by atoms with Gasteiger partial charge in [0, 0.05) is 21.5 Å². The highest BCUT2D eigenvalue weighted by molar-refractivity contribution is 9.10. The van der Waals surface area contributed by atoms with Gasteiger partial charge in [-0.05, 0) is 59.3 Å². The second-order valence-corrected chi connectivity index (χ2v) is 9.02. The van der Waals surface area contributed by atoms with Crippen molar-refractivity contribution in [2.75, 3.05) is 13.4 Å². The molecule has 1 N–H and O–H groups in total. The van der Waals surface area contributed by atoms with Crippen LogP contribution < -0.4 is 4.74 Å². The molecule has 0 spiro atoms. The van der Waals surface area contributed by atoms with E-state index in [0.29, 0.717) is 12.1 Å². The van der Waals surface area contributed by atoms with Crippen LogP contribution in [0.4, 0.5) is 0 Å². The second kappa shape index (κ2) is 9.20. The van der Waals surface area contributed by atoms with Crippen molar-refractivity contribution in [3.05, 3.63) is 99.7 Å². The first kappa shape index (κ1) is 21.5. The molecule has 3 aromatic carbocycles. The summed E-state index contributed by atoms with van der Waals surface area (Å²) in [6.45, 7) is 0.401. The van der Waals surface area contributed by atoms with Gasteiger partial charge in [-0.1, -0.05) is 52.3 Å². The quantitative estimate of drug-likeness (QED) is 0.411. The van der Waals surface area contributed by atoms with Crippen molar-refractivity contribution < 1.29 is 14.6 Å². The topological polar surface area (TPSA) is 49.8 Å². The number of amides is 1. The van der Waals surface area contributed by atoms with Crippen LogP contribution in [0.25, 0.3) is 5.57 Å². The maximum absolute atomic E-state index is 13.2. The lowest BCUT2D eigenvalue weighted by Crippen LogP contribution is -2.29. The highest BCUT2D eigenvalue weighted by Gasteiger charge is 2.41. The molecule has 1 aliphatic rings. The molecule has 0 aliphatic carbocycles. The number of aliphatic hydroxyl groups excluding tert-OH is 1. The lowest BCUT2D eigenvalue weighted by molar-refractivity contribution is -0.130. The summed E-state index contributed by atoms with van der Waals surface area (Å²) in [5.74, 6) is 0.144. The van der Waals surface area contributed by atoms with Gasteiger partial charge in [-0.15, -0.1) is 11.8 Å². The number of carbonyl (C=O) groups is 1. The predicted octanol–water partition coefficient (Wildman–Crippen LogP) is 6.23. The Hall–Kier alpha value is -2.70. The van der Waals surface area contributed by atoms with Crippen LogP contribution in [0.5, 0.6) is 5.75 Å². The smallest absolute Gasteiger partial charge is 0.290 e. The number of thioether (sulfide) groups is 1. The summed E-state index contributed by atoms with van der Waals surface area (Å²) in [5, 5.41) is 10.9. The molecule has 158 valence electrons. The van der Waals surface area contributed by atoms with E-state index in [-0.39, 0.29) is 11.7 Å². The summed E-state index contributed by atoms with van der Waals surface area (Å²) < 4.78 is 6.22. The van der Waals surface area contributed by atoms with E-state index in [1.807, 2.05) is 79.1 Å². The van der Waals surface area contributed by atoms with E-state index in [2.05, 4.69) is 15.9 Å². The van der Waals surface area contributed by atoms with Crippen LogP contribution in [0.15, 0.2) is 87.9 Å². The number of halogens is 1. The number of methoxy groups -OCH3 is 1. The Morgan fingerprint density at radius 2 is 1.65 bits per heavy atom. The molecule has 4 nitrogen and oxygen atoms in total. The summed E-state index contributed by atoms with van der Waals surface area (Å²) in [7, 11) is 1.61. The third-order valence-corrected chi connectivity index (χ3v) is 6.67. The molecule has 0 aromatic heterocycles. The maximum Gasteiger partial charge on any atom is 0.290 e. The fraction of sp³-hybridized carbons (Fsp3) is 0.160. The van der Waals surface area contributed by atoms with Crippen molar-refractivity contribution >= 4 is 39.2 Å². The van der Waals surface area contributed by atoms with Crippen LogP contribution in [0.1, 0.15) is 22.7 Å². The molecule has 0 saturated heterocycles. The lowest BCUT2D eigenvalue weighted by atomic mass is 9.93. The minimum absolute atomic E-state index is 0.209. The molecule has 1 amide bonds. The van der Waals surface area contributed by atoms with Gasteiger partial charge in [0.05, 0.1) is 13.2 Å². The Morgan fingerprint density at radius 3 is 2.23 bits per heavy atom. The zero-order valence-corrected chi connectivity index (χ0v) is 19.6. The number of carbonyl (C=O) groups excluding carboxylic acids is 1. The predicted molar refractivity (Wildman–Crippen MR) is 128 cm³/mol. The first-order valence-electron chi connectivity index (χ1n) is 9.78. The van der Waals surface area contributed by atoms with Gasteiger partial charge in [0.1, 0.15) is 5.75 Å². The van der Waals surface area contributed by atoms with Crippen molar-refractivity contribution in [2.24, 2.45) is 0 Å². The molecule has 31 heavy (non-hydrogen) atoms. The summed E-state index contributed by atoms with van der Waals surface area (Å²) in [5.41, 5.74) is 3.35. The van der Waals surface area contributed by atoms with Crippen LogP contribution in [0, 0.1) is 0 Å². The molecular weight excluding hydrogens is 474 g/mol. The number of ether oxygens (including phenoxy) is 1. The lowest BCUT2D eigenvalue weighted by Gasteiger charge is -2.27. The molecule has 3 aromatic rings. The molecule has 0 radical (unpaired) electrons. The minimum Gasteiger partial charge on any atom is -0.503 e. The fourth-order valence-corrected chi connectivity index (χ4v) is 4.47. The van der Waals surface area contributed by atoms with Crippen LogP contribution in [-0.4, -0.2) is 29.3 Å². The van der Waals surface area contributed by atoms with Crippen molar-refractivity contribution in [2.45, 2.75) is 17.5 Å². The number of hydrogen-bond donors (Lipinski definition) is 1. The molecule has 1 atom stereocenters. The molecule has 0 fully saturated rings. The number of nitrogens with zero attached hydrogens (tertiary/aromatic N) is 1. The normalized spacial score (nSPS) is 16.2. The van der Waals surface area contributed by atoms with Crippen LogP contribution in [-0.2, 0) is 11.3 Å². The van der Waals surface area contributed by atoms with Crippen molar-refractivity contribution in [3.63, 3.8) is 0 Å². The van der Waals surface area contributed by atoms with Gasteiger partial charge in [0.15, 0.2) is 5.76 Å². The zero-order chi connectivity index (χ0) is 22.0. The molecule has 1 aliphatic heterocycles. The zero-order valence-electron chi connectivity index (χ0n) is 17.2. The third-order valence-electron chi connectivity index (χ3n) is 5.40. The van der Waals surface area contributed by atoms with Crippen LogP contribution in [0.2, 0.25) is 0 Å². The highest BCUT2D eigenvalue weighted by atomic mass is 79.9. The molecular formula is C25H22BrNO3S. The molecule has 0 saturated carbocycles. The average molecular weight is 496 g/mol. The monoisotopic (exact) mass is 495 g/mol. The van der Waals surface area contributed by atoms with Gasteiger partial charge in [0.25, 0.3) is 5.91 Å². The second-order valence-electron chi connectivity index (χ2n) is 7.23. The van der Waals surface area contributed by atoms with Crippen LogP contribution in [0.3, 0.4) is 0 Å². The van der Waals surface area contributed by atoms with Gasteiger partial charge in [-0.25, -0.2) is 0 Å². The standard InChI is InChI=1S/C25H22BrNO3S/c1-30-20-11-7-17(8-12-20)22-23(18-5-9-19(26)10-6-18)27(25(29)24(22)28)15-16-3-13-21(31-2)14-4-16/h3-14,23,28H,15H2,1-2H3/t23-/m0/s1. The number of aliphatic hydroxyl groups is 1. The largest absolute Gasteiger partial charge is 0.503 e. The van der Waals surface area contributed by atoms with Gasteiger partial charge < -0.3 is 14.7 Å². The Kier molecular flexibility index (Phi) is 6.39. The Labute approximate surface area is 194 Å². The highest BCUT2D eigenvalue weighted by Crippen LogP contribution is 2.44. The molecule has 1 heterocycles. The first-order valence-corrected chi connectivity index (χ1v) is 11.8. The van der Waals surface area contributed by atoms with E-state index in [1.165, 1.54) is 4.90 Å². The summed E-state index contributed by atoms with van der Waals surface area (Å²) in [4.78, 5) is 16.1. The van der Waals surface area contributed by atoms with Crippen LogP contribution >= 0.6 is 27.7 Å². The first-order chi connectivity index (χ1) is 15.0.